The first-order chi connectivity index (χ1) is 17.2. The molecule has 0 amide bonds. The van der Waals surface area contributed by atoms with E-state index >= 15 is 0 Å². The molecule has 0 saturated carbocycles. The predicted molar refractivity (Wildman–Crippen MR) is 156 cm³/mol. The Morgan fingerprint density at radius 1 is 0.944 bits per heavy atom. The summed E-state index contributed by atoms with van der Waals surface area (Å²) in [4.78, 5) is 24.7. The third-order valence-corrected chi connectivity index (χ3v) is 5.93. The van der Waals surface area contributed by atoms with Crippen molar-refractivity contribution < 1.29 is 19.4 Å². The monoisotopic (exact) mass is 512 g/mol. The molecular weight excluding hydrogens is 452 g/mol. The molecule has 0 spiro atoms. The lowest BCUT2D eigenvalue weighted by Crippen LogP contribution is -2.19. The van der Waals surface area contributed by atoms with Gasteiger partial charge >= 0.3 is 0 Å². The van der Waals surface area contributed by atoms with Crippen molar-refractivity contribution in [3.63, 3.8) is 0 Å². The van der Waals surface area contributed by atoms with E-state index in [1.807, 2.05) is 40.8 Å². The van der Waals surface area contributed by atoms with Gasteiger partial charge in [-0.05, 0) is 65.7 Å². The van der Waals surface area contributed by atoms with Gasteiger partial charge in [0.15, 0.2) is 0 Å². The highest BCUT2D eigenvalue weighted by atomic mass is 16.5. The van der Waals surface area contributed by atoms with Crippen LogP contribution in [-0.4, -0.2) is 75.1 Å². The number of aliphatic hydroxyl groups excluding tert-OH is 1. The van der Waals surface area contributed by atoms with Gasteiger partial charge in [0, 0.05) is 44.4 Å². The second kappa shape index (κ2) is 31.7. The molecule has 6 nitrogen and oxygen atoms in total. The molecule has 1 heterocycles. The van der Waals surface area contributed by atoms with E-state index in [-0.39, 0.29) is 18.4 Å². The summed E-state index contributed by atoms with van der Waals surface area (Å²) in [5.41, 5.74) is 0. The summed E-state index contributed by atoms with van der Waals surface area (Å²) in [7, 11) is 4.06. The van der Waals surface area contributed by atoms with Gasteiger partial charge in [0.2, 0.25) is 0 Å². The van der Waals surface area contributed by atoms with Crippen LogP contribution < -0.4 is 5.32 Å². The number of nitrogens with one attached hydrogen (secondary N) is 1. The summed E-state index contributed by atoms with van der Waals surface area (Å²) >= 11 is 0. The molecule has 1 saturated heterocycles. The molecule has 0 aromatic rings. The van der Waals surface area contributed by atoms with E-state index in [9.17, 15) is 9.59 Å². The van der Waals surface area contributed by atoms with Gasteiger partial charge in [-0.25, -0.2) is 0 Å². The summed E-state index contributed by atoms with van der Waals surface area (Å²) in [5.74, 6) is 1.32. The fourth-order valence-electron chi connectivity index (χ4n) is 3.43. The van der Waals surface area contributed by atoms with Gasteiger partial charge in [-0.2, -0.15) is 0 Å². The number of rotatable bonds is 17. The van der Waals surface area contributed by atoms with Crippen LogP contribution in [0.2, 0.25) is 0 Å². The van der Waals surface area contributed by atoms with Gasteiger partial charge in [-0.15, -0.1) is 13.2 Å². The van der Waals surface area contributed by atoms with Gasteiger partial charge in [-0.3, -0.25) is 9.59 Å². The second-order valence-electron chi connectivity index (χ2n) is 9.38. The third-order valence-electron chi connectivity index (χ3n) is 5.93. The Morgan fingerprint density at radius 3 is 1.75 bits per heavy atom. The van der Waals surface area contributed by atoms with Gasteiger partial charge in [0.25, 0.3) is 0 Å². The number of carbonyl (C=O) groups excluding carboxylic acids is 2. The second-order valence-corrected chi connectivity index (χ2v) is 9.38. The average molecular weight is 513 g/mol. The van der Waals surface area contributed by atoms with E-state index in [0.29, 0.717) is 24.4 Å². The van der Waals surface area contributed by atoms with Crippen LogP contribution in [0.4, 0.5) is 0 Å². The topological polar surface area (TPSA) is 78.9 Å². The summed E-state index contributed by atoms with van der Waals surface area (Å²) in [6, 6.07) is 0. The largest absolute Gasteiger partial charge is 0.392 e. The molecular formula is C30H60N2O4. The van der Waals surface area contributed by atoms with Crippen LogP contribution in [0.15, 0.2) is 25.3 Å². The molecule has 0 aliphatic carbocycles. The minimum absolute atomic E-state index is 0.0833. The minimum atomic E-state index is 0.0833. The van der Waals surface area contributed by atoms with E-state index in [4.69, 9.17) is 9.84 Å². The molecule has 0 aromatic carbocycles. The Labute approximate surface area is 223 Å². The fourth-order valence-corrected chi connectivity index (χ4v) is 3.43. The average Bonchev–Trinajstić information content (AvgIpc) is 3.49. The van der Waals surface area contributed by atoms with Gasteiger partial charge in [0.1, 0.15) is 11.6 Å². The highest BCUT2D eigenvalue weighted by Gasteiger charge is 2.10. The Kier molecular flexibility index (Phi) is 34.5. The summed E-state index contributed by atoms with van der Waals surface area (Å²) in [6.45, 7) is 20.1. The van der Waals surface area contributed by atoms with Crippen molar-refractivity contribution in [2.75, 3.05) is 53.6 Å². The van der Waals surface area contributed by atoms with Crippen LogP contribution in [0, 0.1) is 11.8 Å². The first kappa shape index (κ1) is 39.2. The lowest BCUT2D eigenvalue weighted by atomic mass is 9.98. The predicted octanol–water partition coefficient (Wildman–Crippen LogP) is 5.84. The maximum absolute atomic E-state index is 11.3. The highest BCUT2D eigenvalue weighted by Crippen LogP contribution is 2.11. The van der Waals surface area contributed by atoms with Crippen molar-refractivity contribution in [1.82, 2.24) is 10.2 Å². The number of carbonyl (C=O) groups is 2. The maximum atomic E-state index is 11.3. The van der Waals surface area contributed by atoms with Crippen molar-refractivity contribution in [2.24, 2.45) is 11.8 Å². The first-order valence-corrected chi connectivity index (χ1v) is 14.0. The zero-order chi connectivity index (χ0) is 28.0. The molecule has 2 atom stereocenters. The van der Waals surface area contributed by atoms with Crippen LogP contribution in [-0.2, 0) is 14.3 Å². The summed E-state index contributed by atoms with van der Waals surface area (Å²) in [6.07, 6.45) is 14.0. The molecule has 1 aliphatic heterocycles. The van der Waals surface area contributed by atoms with Crippen LogP contribution in [0.3, 0.4) is 0 Å². The molecule has 36 heavy (non-hydrogen) atoms. The Bertz CT molecular complexity index is 500. The van der Waals surface area contributed by atoms with E-state index in [1.165, 1.54) is 31.8 Å². The van der Waals surface area contributed by atoms with Crippen LogP contribution in [0.25, 0.3) is 0 Å². The zero-order valence-corrected chi connectivity index (χ0v) is 24.7. The Hall–Kier alpha value is -1.34. The standard InChI is InChI=1S/C13H25NO.C10H21NO.C4H8O.C3H6O/c1-5-10-14(4)11-8-7-9-12(3)13(15)6-2;1-4-10(12)9(2)7-5-6-8-11-3;1-2-4-5-3-1;1-2-3-4/h5,12H,1,6-11H2,2-4H3;9,11H,4-8H2,1-3H3;1-4H2;2,4H,1,3H2/t12-;9-;;/m00../s1. The SMILES string of the molecule is C1CCOC1.C=CCN(C)CCCC[C@H](C)C(=O)CC.C=CCO.CCC(=O)[C@@H](C)CCCCNC. The van der Waals surface area contributed by atoms with E-state index < -0.39 is 0 Å². The Morgan fingerprint density at radius 2 is 1.42 bits per heavy atom. The molecule has 0 aromatic heterocycles. The summed E-state index contributed by atoms with van der Waals surface area (Å²) in [5, 5.41) is 10.9. The quantitative estimate of drug-likeness (QED) is 0.188. The highest BCUT2D eigenvalue weighted by molar-refractivity contribution is 5.80. The van der Waals surface area contributed by atoms with Gasteiger partial charge in [0.05, 0.1) is 6.61 Å². The third kappa shape index (κ3) is 30.7. The zero-order valence-electron chi connectivity index (χ0n) is 24.7. The van der Waals surface area contributed by atoms with E-state index in [1.54, 1.807) is 0 Å². The number of unbranched alkanes of at least 4 members (excludes halogenated alkanes) is 2. The van der Waals surface area contributed by atoms with Crippen LogP contribution in [0.5, 0.6) is 0 Å². The molecule has 1 aliphatic rings. The minimum Gasteiger partial charge on any atom is -0.392 e. The molecule has 2 N–H and O–H groups in total. The number of hydrogen-bond acceptors (Lipinski definition) is 6. The van der Waals surface area contributed by atoms with E-state index in [0.717, 1.165) is 58.5 Å². The molecule has 1 rings (SSSR count). The number of nitrogens with zero attached hydrogens (tertiary/aromatic N) is 1. The first-order valence-electron chi connectivity index (χ1n) is 14.0. The smallest absolute Gasteiger partial charge is 0.135 e. The van der Waals surface area contributed by atoms with E-state index in [2.05, 4.69) is 30.4 Å². The van der Waals surface area contributed by atoms with Crippen molar-refractivity contribution in [2.45, 2.75) is 91.9 Å². The number of likely N-dealkylation sites (N-methyl/N-ethyl adjacent to an activating group) is 1. The number of ether oxygens (including phenoxy) is 1. The molecule has 0 radical (unpaired) electrons. The molecule has 0 unspecified atom stereocenters. The number of Topliss-reactive ketones (excluding diaryl/α,β-unsaturated/α-hetero) is 2. The summed E-state index contributed by atoms with van der Waals surface area (Å²) < 4.78 is 4.94. The number of ketones is 2. The maximum Gasteiger partial charge on any atom is 0.135 e. The van der Waals surface area contributed by atoms with Crippen molar-refractivity contribution in [1.29, 1.82) is 0 Å². The Balaban J connectivity index is -0.000000455. The van der Waals surface area contributed by atoms with Crippen molar-refractivity contribution >= 4 is 11.6 Å². The lowest BCUT2D eigenvalue weighted by Gasteiger charge is -2.14. The van der Waals surface area contributed by atoms with Crippen LogP contribution >= 0.6 is 0 Å². The van der Waals surface area contributed by atoms with Crippen molar-refractivity contribution in [3.05, 3.63) is 25.3 Å². The fraction of sp³-hybridized carbons (Fsp3) is 0.800. The van der Waals surface area contributed by atoms with Gasteiger partial charge < -0.3 is 20.1 Å². The van der Waals surface area contributed by atoms with Gasteiger partial charge in [-0.1, -0.05) is 52.7 Å². The van der Waals surface area contributed by atoms with Crippen molar-refractivity contribution in [3.8, 4) is 0 Å². The molecule has 214 valence electrons. The molecule has 6 heteroatoms. The normalized spacial score (nSPS) is 13.7. The molecule has 1 fully saturated rings. The number of hydrogen-bond donors (Lipinski definition) is 2. The van der Waals surface area contributed by atoms with Crippen LogP contribution in [0.1, 0.15) is 91.9 Å². The molecule has 0 bridgehead atoms. The number of aliphatic hydroxyl groups is 1. The lowest BCUT2D eigenvalue weighted by molar-refractivity contribution is -0.123.